The number of nitrogens with one attached hydrogen (secondary N) is 2. The number of carbonyl (C=O) groups is 1. The molecule has 2 N–H and O–H groups in total. The van der Waals surface area contributed by atoms with Gasteiger partial charge >= 0.3 is 6.09 Å². The lowest BCUT2D eigenvalue weighted by Gasteiger charge is -2.25. The van der Waals surface area contributed by atoms with E-state index in [1.54, 1.807) is 6.20 Å². The highest BCUT2D eigenvalue weighted by Crippen LogP contribution is 2.38. The number of unbranched alkanes of at least 4 members (excludes halogenated alkanes) is 16. The lowest BCUT2D eigenvalue weighted by molar-refractivity contribution is -0.382. The van der Waals surface area contributed by atoms with Gasteiger partial charge in [0, 0.05) is 13.2 Å². The fraction of sp³-hybridized carbons (Fsp3) is 0.871. The van der Waals surface area contributed by atoms with Crippen LogP contribution in [0.3, 0.4) is 0 Å². The summed E-state index contributed by atoms with van der Waals surface area (Å²) in [6, 6.07) is 0. The highest BCUT2D eigenvalue weighted by atomic mass is 32.1. The standard InChI is InChI=1S/C31H59N2O7PS/c1-3-5-7-8-9-10-11-12-13-14-15-16-17-18-19-20-24-37-27-29(40-31(34)33-22-6-4-2)28-39-41(35,36)38-25-21-30-32-23-26-42-30/h23,26,29H,3-22,24-25,27-28H2,1-2H3,(H,33,34)(H,35,36). The van der Waals surface area contributed by atoms with E-state index in [-0.39, 0.29) is 19.8 Å². The smallest absolute Gasteiger partial charge is 0.407 e. The Labute approximate surface area is 259 Å². The summed E-state index contributed by atoms with van der Waals surface area (Å²) in [5.41, 5.74) is 0. The number of aromatic amines is 1. The van der Waals surface area contributed by atoms with Gasteiger partial charge in [-0.3, -0.25) is 4.57 Å². The maximum absolute atomic E-state index is 12.2. The Morgan fingerprint density at radius 1 is 0.833 bits per heavy atom. The number of ether oxygens (including phenoxy) is 2. The van der Waals surface area contributed by atoms with E-state index >= 15 is 0 Å². The molecular weight excluding hydrogens is 575 g/mol. The van der Waals surface area contributed by atoms with Crippen LogP contribution in [-0.4, -0.2) is 45.2 Å². The zero-order chi connectivity index (χ0) is 30.6. The number of rotatable bonds is 30. The molecule has 0 saturated heterocycles. The van der Waals surface area contributed by atoms with Gasteiger partial charge in [0.15, 0.2) is 12.3 Å². The normalized spacial score (nSPS) is 13.6. The second-order valence-electron chi connectivity index (χ2n) is 11.0. The molecule has 0 aliphatic rings. The van der Waals surface area contributed by atoms with Gasteiger partial charge in [0.05, 0.1) is 31.6 Å². The summed E-state index contributed by atoms with van der Waals surface area (Å²) in [5.74, 6) is 0. The molecule has 9 nitrogen and oxygen atoms in total. The van der Waals surface area contributed by atoms with Crippen LogP contribution in [0.5, 0.6) is 0 Å². The first-order valence-electron chi connectivity index (χ1n) is 16.5. The molecule has 0 saturated carbocycles. The molecule has 42 heavy (non-hydrogen) atoms. The molecule has 0 aliphatic carbocycles. The molecule has 0 bridgehead atoms. The van der Waals surface area contributed by atoms with Gasteiger partial charge in [-0.25, -0.2) is 9.78 Å². The number of H-pyrrole nitrogens is 1. The Morgan fingerprint density at radius 2 is 1.40 bits per heavy atom. The van der Waals surface area contributed by atoms with Gasteiger partial charge in [-0.2, -0.15) is 0 Å². The third-order valence-corrected chi connectivity index (χ3v) is 8.88. The monoisotopic (exact) mass is 634 g/mol. The summed E-state index contributed by atoms with van der Waals surface area (Å²) < 4.78 is 33.2. The summed E-state index contributed by atoms with van der Waals surface area (Å²) in [4.78, 5) is 27.3. The summed E-state index contributed by atoms with van der Waals surface area (Å²) in [5, 5.41) is 5.44. The van der Waals surface area contributed by atoms with E-state index in [1.165, 1.54) is 101 Å². The van der Waals surface area contributed by atoms with Gasteiger partial charge in [0.1, 0.15) is 0 Å². The van der Waals surface area contributed by atoms with Crippen molar-refractivity contribution >= 4 is 25.3 Å². The minimum atomic E-state index is -4.54. The number of amides is 1. The molecule has 0 fully saturated rings. The molecule has 0 spiro atoms. The SMILES string of the molecule is CCCCCCCCCCCCCCCCCCOCC(COP(=O)([O-])OCCc1[nH+]ccs1)OC(=O)NCCCC. The quantitative estimate of drug-likeness (QED) is 0.0678. The number of phosphoric acid groups is 1. The molecule has 1 rings (SSSR count). The van der Waals surface area contributed by atoms with Crippen LogP contribution >= 0.6 is 19.2 Å². The molecule has 0 aromatic carbocycles. The maximum atomic E-state index is 12.2. The average Bonchev–Trinajstić information content (AvgIpc) is 3.49. The van der Waals surface area contributed by atoms with Crippen LogP contribution in [0.25, 0.3) is 0 Å². The summed E-state index contributed by atoms with van der Waals surface area (Å²) in [7, 11) is -4.54. The van der Waals surface area contributed by atoms with Crippen LogP contribution in [0.2, 0.25) is 0 Å². The summed E-state index contributed by atoms with van der Waals surface area (Å²) >= 11 is 1.48. The highest BCUT2D eigenvalue weighted by Gasteiger charge is 2.20. The van der Waals surface area contributed by atoms with Crippen LogP contribution < -0.4 is 15.2 Å². The van der Waals surface area contributed by atoms with Crippen LogP contribution in [0.15, 0.2) is 11.6 Å². The number of hydrogen-bond donors (Lipinski definition) is 1. The predicted octanol–water partition coefficient (Wildman–Crippen LogP) is 7.78. The predicted molar refractivity (Wildman–Crippen MR) is 168 cm³/mol. The van der Waals surface area contributed by atoms with Gasteiger partial charge < -0.3 is 28.7 Å². The molecule has 1 aromatic rings. The number of thiazole rings is 1. The third-order valence-electron chi connectivity index (χ3n) is 7.04. The van der Waals surface area contributed by atoms with Crippen molar-refractivity contribution in [3.63, 3.8) is 0 Å². The van der Waals surface area contributed by atoms with E-state index in [4.69, 9.17) is 18.5 Å². The van der Waals surface area contributed by atoms with E-state index in [9.17, 15) is 14.3 Å². The second-order valence-corrected chi connectivity index (χ2v) is 13.4. The Hall–Kier alpha value is -1.03. The molecular formula is C31H59N2O7PS. The van der Waals surface area contributed by atoms with Crippen LogP contribution in [0.1, 0.15) is 134 Å². The van der Waals surface area contributed by atoms with Gasteiger partial charge in [0.25, 0.3) is 7.82 Å². The lowest BCUT2D eigenvalue weighted by Crippen LogP contribution is -2.35. The van der Waals surface area contributed by atoms with E-state index in [0.717, 1.165) is 30.7 Å². The topological polar surface area (TPSA) is 120 Å². The molecule has 1 aromatic heterocycles. The Bertz CT molecular complexity index is 785. The average molecular weight is 635 g/mol. The van der Waals surface area contributed by atoms with Crippen molar-refractivity contribution in [3.05, 3.63) is 16.6 Å². The minimum Gasteiger partial charge on any atom is -0.756 e. The zero-order valence-corrected chi connectivity index (χ0v) is 28.1. The minimum absolute atomic E-state index is 0.0312. The van der Waals surface area contributed by atoms with Gasteiger partial charge in [-0.05, 0) is 12.8 Å². The summed E-state index contributed by atoms with van der Waals surface area (Å²) in [6.45, 7) is 4.99. The van der Waals surface area contributed by atoms with Crippen molar-refractivity contribution in [1.82, 2.24) is 5.32 Å². The van der Waals surface area contributed by atoms with E-state index in [2.05, 4.69) is 17.2 Å². The second kappa shape index (κ2) is 27.5. The zero-order valence-electron chi connectivity index (χ0n) is 26.4. The summed E-state index contributed by atoms with van der Waals surface area (Å²) in [6.07, 6.45) is 23.4. The van der Waals surface area contributed by atoms with Crippen molar-refractivity contribution in [2.24, 2.45) is 0 Å². The number of phosphoric ester groups is 1. The van der Waals surface area contributed by atoms with Crippen LogP contribution in [-0.2, 0) is 29.5 Å². The molecule has 1 heterocycles. The van der Waals surface area contributed by atoms with E-state index in [0.29, 0.717) is 19.6 Å². The molecule has 2 atom stereocenters. The maximum Gasteiger partial charge on any atom is 0.407 e. The number of aromatic nitrogens is 1. The molecule has 246 valence electrons. The number of hydrogen-bond acceptors (Lipinski definition) is 8. The number of alkyl carbamates (subject to hydrolysis) is 1. The lowest BCUT2D eigenvalue weighted by atomic mass is 10.0. The molecule has 11 heteroatoms. The van der Waals surface area contributed by atoms with E-state index in [1.807, 2.05) is 12.3 Å². The van der Waals surface area contributed by atoms with Gasteiger partial charge in [-0.15, -0.1) is 0 Å². The van der Waals surface area contributed by atoms with Gasteiger partial charge in [-0.1, -0.05) is 128 Å². The highest BCUT2D eigenvalue weighted by molar-refractivity contribution is 7.45. The first kappa shape index (κ1) is 39.0. The van der Waals surface area contributed by atoms with Crippen molar-refractivity contribution < 1.29 is 37.8 Å². The van der Waals surface area contributed by atoms with E-state index < -0.39 is 20.0 Å². The molecule has 0 radical (unpaired) electrons. The van der Waals surface area contributed by atoms with Crippen LogP contribution in [0, 0.1) is 0 Å². The first-order chi connectivity index (χ1) is 20.5. The van der Waals surface area contributed by atoms with Crippen molar-refractivity contribution in [1.29, 1.82) is 0 Å². The fourth-order valence-corrected chi connectivity index (χ4v) is 5.89. The van der Waals surface area contributed by atoms with Crippen LogP contribution in [0.4, 0.5) is 4.79 Å². The largest absolute Gasteiger partial charge is 0.756 e. The fourth-order valence-electron chi connectivity index (χ4n) is 4.51. The van der Waals surface area contributed by atoms with Crippen molar-refractivity contribution in [2.75, 3.05) is 33.0 Å². The first-order valence-corrected chi connectivity index (χ1v) is 18.9. The van der Waals surface area contributed by atoms with Gasteiger partial charge in [0.2, 0.25) is 5.01 Å². The number of carbonyl (C=O) groups excluding carboxylic acids is 1. The van der Waals surface area contributed by atoms with Crippen molar-refractivity contribution in [2.45, 2.75) is 142 Å². The Balaban J connectivity index is 2.13. The Morgan fingerprint density at radius 3 is 1.95 bits per heavy atom. The third kappa shape index (κ3) is 24.4. The van der Waals surface area contributed by atoms with Crippen molar-refractivity contribution in [3.8, 4) is 0 Å². The Kier molecular flexibility index (Phi) is 25.5. The molecule has 1 amide bonds. The molecule has 2 unspecified atom stereocenters. The molecule has 0 aliphatic heterocycles.